The Morgan fingerprint density at radius 1 is 0.568 bits per heavy atom. The van der Waals surface area contributed by atoms with E-state index in [1.165, 1.54) is 70.3 Å². The van der Waals surface area contributed by atoms with E-state index < -0.39 is 0 Å². The van der Waals surface area contributed by atoms with Gasteiger partial charge in [0, 0.05) is 28.2 Å². The summed E-state index contributed by atoms with van der Waals surface area (Å²) in [6.45, 7) is 8.54. The summed E-state index contributed by atoms with van der Waals surface area (Å²) in [6, 6.07) is 17.7. The third kappa shape index (κ3) is 23.5. The van der Waals surface area contributed by atoms with Crippen LogP contribution in [-0.4, -0.2) is 56.4 Å². The molecule has 0 saturated carbocycles. The van der Waals surface area contributed by atoms with E-state index in [1.54, 1.807) is 0 Å². The fourth-order valence-corrected chi connectivity index (χ4v) is 4.51. The first-order valence-electron chi connectivity index (χ1n) is 15.1. The summed E-state index contributed by atoms with van der Waals surface area (Å²) in [6.07, 6.45) is 11.1. The molecule has 44 heavy (non-hydrogen) atoms. The average Bonchev–Trinajstić information content (AvgIpc) is 3.03. The zero-order chi connectivity index (χ0) is 33.6. The van der Waals surface area contributed by atoms with Gasteiger partial charge in [0.25, 0.3) is 0 Å². The van der Waals surface area contributed by atoms with Crippen LogP contribution in [-0.2, 0) is 23.7 Å². The zero-order valence-electron chi connectivity index (χ0n) is 28.0. The molecule has 0 N–H and O–H groups in total. The number of hydrogen-bond acceptors (Lipinski definition) is 4. The average molecular weight is 820 g/mol. The monoisotopic (exact) mass is 816 g/mol. The van der Waals surface area contributed by atoms with Crippen LogP contribution in [0.15, 0.2) is 68.5 Å². The van der Waals surface area contributed by atoms with Gasteiger partial charge >= 0.3 is 39.3 Å². The van der Waals surface area contributed by atoms with Crippen LogP contribution < -0.4 is 0 Å². The van der Waals surface area contributed by atoms with Gasteiger partial charge in [0.2, 0.25) is 0 Å². The summed E-state index contributed by atoms with van der Waals surface area (Å²) in [5, 5.41) is 0.194. The van der Waals surface area contributed by atoms with Crippen molar-refractivity contribution >= 4 is 74.5 Å². The van der Waals surface area contributed by atoms with E-state index in [1.807, 2.05) is 28.2 Å². The Kier molecular flexibility index (Phi) is 33.0. The van der Waals surface area contributed by atoms with Gasteiger partial charge in [-0.1, -0.05) is 73.5 Å². The van der Waals surface area contributed by atoms with Crippen molar-refractivity contribution in [3.63, 3.8) is 0 Å². The van der Waals surface area contributed by atoms with Crippen LogP contribution in [0.25, 0.3) is 0 Å². The standard InChI is InChI=1S/2C17H26N2.CH2Cl2.2BrH.Ni/c2*1-5-16(18-3)17(19-4)9-7-6-8-15-12-10-14(2)11-13-15;2-1-3;;;/h2*10-13H,5-9H2,1-4H3;1H2;2*1H;/q;;;;;+2/p-2. The predicted octanol–water partition coefficient (Wildman–Crippen LogP) is 11.6. The van der Waals surface area contributed by atoms with Crippen molar-refractivity contribution < 1.29 is 10.9 Å². The second-order valence-corrected chi connectivity index (χ2v) is 15.7. The zero-order valence-corrected chi connectivity index (χ0v) is 33.7. The summed E-state index contributed by atoms with van der Waals surface area (Å²) in [5.41, 5.74) is 10.2. The Balaban J connectivity index is 0. The molecule has 0 radical (unpaired) electrons. The number of aliphatic imine (C=N–C) groups is 4. The summed E-state index contributed by atoms with van der Waals surface area (Å²) < 4.78 is 0. The van der Waals surface area contributed by atoms with E-state index in [2.05, 4.69) is 125 Å². The fourth-order valence-electron chi connectivity index (χ4n) is 4.51. The van der Waals surface area contributed by atoms with E-state index in [4.69, 9.17) is 23.2 Å². The van der Waals surface area contributed by atoms with Crippen LogP contribution in [0.1, 0.15) is 87.5 Å². The number of rotatable bonds is 14. The summed E-state index contributed by atoms with van der Waals surface area (Å²) in [7, 11) is 8.71. The van der Waals surface area contributed by atoms with Crippen LogP contribution in [0.4, 0.5) is 0 Å². The van der Waals surface area contributed by atoms with Gasteiger partial charge in [0.15, 0.2) is 0 Å². The molecule has 4 nitrogen and oxygen atoms in total. The SMILES string of the molecule is CCC(=NC)C(CCCCc1ccc(C)cc1)=NC.CCC(=NC)C(CCCCc1ccc(C)cc1)=NC.ClCCl.[Br][Ni][Br]. The summed E-state index contributed by atoms with van der Waals surface area (Å²) >= 11 is 15.5. The van der Waals surface area contributed by atoms with Crippen molar-refractivity contribution in [1.29, 1.82) is 0 Å². The molecular weight excluding hydrogens is 766 g/mol. The summed E-state index contributed by atoms with van der Waals surface area (Å²) in [4.78, 5) is 17.4. The Labute approximate surface area is 299 Å². The molecule has 0 fully saturated rings. The molecule has 0 aromatic heterocycles. The van der Waals surface area contributed by atoms with Gasteiger partial charge in [-0.3, -0.25) is 20.0 Å². The Hall–Kier alpha value is -0.846. The minimum atomic E-state index is 0.194. The number of benzene rings is 2. The third-order valence-corrected chi connectivity index (χ3v) is 6.91. The number of hydrogen-bond donors (Lipinski definition) is 0. The minimum absolute atomic E-state index is 0.194. The molecule has 2 aromatic rings. The van der Waals surface area contributed by atoms with Crippen molar-refractivity contribution in [2.45, 2.75) is 91.9 Å². The molecule has 0 spiro atoms. The van der Waals surface area contributed by atoms with Crippen molar-refractivity contribution in [3.05, 3.63) is 70.8 Å². The van der Waals surface area contributed by atoms with E-state index in [0.717, 1.165) is 49.9 Å². The van der Waals surface area contributed by atoms with Gasteiger partial charge < -0.3 is 0 Å². The number of unbranched alkanes of at least 4 members (excludes halogenated alkanes) is 2. The van der Waals surface area contributed by atoms with Crippen molar-refractivity contribution in [2.24, 2.45) is 20.0 Å². The van der Waals surface area contributed by atoms with Gasteiger partial charge in [-0.05, 0) is 89.2 Å². The maximum atomic E-state index is 4.76. The topological polar surface area (TPSA) is 49.4 Å². The molecule has 2 aromatic carbocycles. The van der Waals surface area contributed by atoms with Crippen LogP contribution in [0.3, 0.4) is 0 Å². The van der Waals surface area contributed by atoms with Gasteiger partial charge in [0.05, 0.1) is 28.2 Å². The third-order valence-electron chi connectivity index (χ3n) is 6.91. The second kappa shape index (κ2) is 32.1. The predicted molar refractivity (Wildman–Crippen MR) is 206 cm³/mol. The molecule has 252 valence electrons. The first-order chi connectivity index (χ1) is 21.2. The Bertz CT molecular complexity index is 999. The molecule has 0 amide bonds. The molecule has 0 aliphatic heterocycles. The molecule has 0 unspecified atom stereocenters. The maximum absolute atomic E-state index is 4.76. The van der Waals surface area contributed by atoms with E-state index in [-0.39, 0.29) is 5.34 Å². The fraction of sp³-hybridized carbons (Fsp3) is 0.543. The number of alkyl halides is 2. The molecule has 9 heteroatoms. The van der Waals surface area contributed by atoms with Crippen LogP contribution >= 0.6 is 51.7 Å². The Morgan fingerprint density at radius 2 is 0.841 bits per heavy atom. The van der Waals surface area contributed by atoms with E-state index in [9.17, 15) is 0 Å². The molecular formula is C35H54Br2Cl2N4Ni. The first kappa shape index (κ1) is 45.3. The second-order valence-electron chi connectivity index (χ2n) is 9.92. The van der Waals surface area contributed by atoms with Gasteiger partial charge in [-0.2, -0.15) is 0 Å². The van der Waals surface area contributed by atoms with E-state index >= 15 is 0 Å². The summed E-state index contributed by atoms with van der Waals surface area (Å²) in [5.74, 6) is 0. The van der Waals surface area contributed by atoms with Crippen molar-refractivity contribution in [1.82, 2.24) is 0 Å². The molecule has 0 heterocycles. The van der Waals surface area contributed by atoms with Crippen LogP contribution in [0, 0.1) is 13.8 Å². The quantitative estimate of drug-likeness (QED) is 0.0789. The molecule has 0 aliphatic carbocycles. The number of aryl methyl sites for hydroxylation is 4. The molecule has 0 atom stereocenters. The molecule has 0 saturated heterocycles. The van der Waals surface area contributed by atoms with Crippen molar-refractivity contribution in [2.75, 3.05) is 33.5 Å². The van der Waals surface area contributed by atoms with Crippen LogP contribution in [0.5, 0.6) is 0 Å². The number of halogens is 4. The van der Waals surface area contributed by atoms with Crippen molar-refractivity contribution in [3.8, 4) is 0 Å². The number of nitrogens with zero attached hydrogens (tertiary/aromatic N) is 4. The normalized spacial score (nSPS) is 12.0. The van der Waals surface area contributed by atoms with Gasteiger partial charge in [-0.15, -0.1) is 23.2 Å². The Morgan fingerprint density at radius 3 is 1.07 bits per heavy atom. The van der Waals surface area contributed by atoms with Gasteiger partial charge in [-0.25, -0.2) is 0 Å². The molecule has 0 bridgehead atoms. The first-order valence-corrected chi connectivity index (χ1v) is 21.1. The van der Waals surface area contributed by atoms with Gasteiger partial charge in [0.1, 0.15) is 0 Å². The van der Waals surface area contributed by atoms with Crippen LogP contribution in [0.2, 0.25) is 0 Å². The molecule has 2 rings (SSSR count). The van der Waals surface area contributed by atoms with E-state index in [0.29, 0.717) is 0 Å². The molecule has 0 aliphatic rings.